The summed E-state index contributed by atoms with van der Waals surface area (Å²) >= 11 is 1.77. The highest BCUT2D eigenvalue weighted by Crippen LogP contribution is 2.30. The molecule has 3 nitrogen and oxygen atoms in total. The molecule has 0 radical (unpaired) electrons. The van der Waals surface area contributed by atoms with Crippen molar-refractivity contribution in [2.75, 3.05) is 25.6 Å². The molecule has 0 fully saturated rings. The Bertz CT molecular complexity index is 495. The molecular formula is C15H23F3IN3S. The van der Waals surface area contributed by atoms with E-state index >= 15 is 0 Å². The summed E-state index contributed by atoms with van der Waals surface area (Å²) in [5.41, 5.74) is -0.0662. The van der Waals surface area contributed by atoms with Gasteiger partial charge in [-0.05, 0) is 43.0 Å². The van der Waals surface area contributed by atoms with Crippen LogP contribution < -0.4 is 10.6 Å². The Hall–Kier alpha value is -0.640. The number of nitrogens with zero attached hydrogens (tertiary/aromatic N) is 1. The normalized spacial score (nSPS) is 13.2. The van der Waals surface area contributed by atoms with Crippen molar-refractivity contribution in [3.63, 3.8) is 0 Å². The summed E-state index contributed by atoms with van der Waals surface area (Å²) in [6.07, 6.45) is -1.28. The van der Waals surface area contributed by atoms with E-state index in [0.717, 1.165) is 24.8 Å². The lowest BCUT2D eigenvalue weighted by molar-refractivity contribution is -0.137. The van der Waals surface area contributed by atoms with E-state index < -0.39 is 11.7 Å². The molecule has 8 heteroatoms. The SMILES string of the molecule is CN=C(NCCCSC)NC(C)c1cccc(C(F)(F)F)c1.I. The number of aliphatic imine (C=N–C) groups is 1. The zero-order valence-corrected chi connectivity index (χ0v) is 16.6. The maximum Gasteiger partial charge on any atom is 0.416 e. The third kappa shape index (κ3) is 8.14. The molecule has 0 aromatic heterocycles. The van der Waals surface area contributed by atoms with Crippen molar-refractivity contribution >= 4 is 41.7 Å². The van der Waals surface area contributed by atoms with Gasteiger partial charge in [-0.1, -0.05) is 12.1 Å². The number of nitrogens with one attached hydrogen (secondary N) is 2. The second kappa shape index (κ2) is 11.0. The first-order valence-electron chi connectivity index (χ1n) is 7.01. The van der Waals surface area contributed by atoms with E-state index in [1.807, 2.05) is 13.2 Å². The van der Waals surface area contributed by atoms with Crippen molar-refractivity contribution in [2.45, 2.75) is 25.6 Å². The van der Waals surface area contributed by atoms with Gasteiger partial charge in [0, 0.05) is 13.6 Å². The van der Waals surface area contributed by atoms with Crippen LogP contribution in [0.4, 0.5) is 13.2 Å². The molecule has 0 aliphatic carbocycles. The predicted octanol–water partition coefficient (Wildman–Crippen LogP) is 4.30. The van der Waals surface area contributed by atoms with Crippen LogP contribution in [0.15, 0.2) is 29.3 Å². The maximum atomic E-state index is 12.7. The molecule has 0 aliphatic heterocycles. The predicted molar refractivity (Wildman–Crippen MR) is 103 cm³/mol. The third-order valence-corrected chi connectivity index (χ3v) is 3.81. The minimum Gasteiger partial charge on any atom is -0.356 e. The lowest BCUT2D eigenvalue weighted by atomic mass is 10.1. The lowest BCUT2D eigenvalue weighted by Gasteiger charge is -2.19. The van der Waals surface area contributed by atoms with Crippen LogP contribution in [-0.2, 0) is 6.18 Å². The first kappa shape index (κ1) is 22.4. The van der Waals surface area contributed by atoms with Crippen LogP contribution in [0.2, 0.25) is 0 Å². The molecule has 1 atom stereocenters. The summed E-state index contributed by atoms with van der Waals surface area (Å²) < 4.78 is 38.2. The monoisotopic (exact) mass is 461 g/mol. The topological polar surface area (TPSA) is 36.4 Å². The van der Waals surface area contributed by atoms with Gasteiger partial charge < -0.3 is 10.6 Å². The Morgan fingerprint density at radius 2 is 2.04 bits per heavy atom. The van der Waals surface area contributed by atoms with Gasteiger partial charge in [-0.2, -0.15) is 24.9 Å². The van der Waals surface area contributed by atoms with Gasteiger partial charge in [0.2, 0.25) is 0 Å². The van der Waals surface area contributed by atoms with E-state index in [-0.39, 0.29) is 30.0 Å². The smallest absolute Gasteiger partial charge is 0.356 e. The van der Waals surface area contributed by atoms with E-state index in [1.165, 1.54) is 12.1 Å². The van der Waals surface area contributed by atoms with Crippen LogP contribution in [0.3, 0.4) is 0 Å². The van der Waals surface area contributed by atoms with Gasteiger partial charge in [0.05, 0.1) is 11.6 Å². The van der Waals surface area contributed by atoms with Crippen LogP contribution in [0.5, 0.6) is 0 Å². The zero-order chi connectivity index (χ0) is 16.6. The average Bonchev–Trinajstić information content (AvgIpc) is 2.49. The molecule has 0 saturated heterocycles. The summed E-state index contributed by atoms with van der Waals surface area (Å²) in [5, 5.41) is 6.26. The highest BCUT2D eigenvalue weighted by Gasteiger charge is 2.30. The number of rotatable bonds is 6. The first-order chi connectivity index (χ1) is 10.4. The van der Waals surface area contributed by atoms with Crippen LogP contribution >= 0.6 is 35.7 Å². The Morgan fingerprint density at radius 1 is 1.35 bits per heavy atom. The molecular weight excluding hydrogens is 438 g/mol. The molecule has 0 spiro atoms. The van der Waals surface area contributed by atoms with Crippen LogP contribution in [0.25, 0.3) is 0 Å². The second-order valence-electron chi connectivity index (χ2n) is 4.83. The first-order valence-corrected chi connectivity index (χ1v) is 8.41. The number of guanidine groups is 1. The number of benzene rings is 1. The van der Waals surface area contributed by atoms with Gasteiger partial charge in [-0.25, -0.2) is 0 Å². The van der Waals surface area contributed by atoms with Crippen LogP contribution in [0.1, 0.15) is 30.5 Å². The highest BCUT2D eigenvalue weighted by molar-refractivity contribution is 14.0. The fraction of sp³-hybridized carbons (Fsp3) is 0.533. The van der Waals surface area contributed by atoms with E-state index in [0.29, 0.717) is 11.5 Å². The minimum absolute atomic E-state index is 0. The van der Waals surface area contributed by atoms with Gasteiger partial charge >= 0.3 is 6.18 Å². The van der Waals surface area contributed by atoms with Crippen molar-refractivity contribution in [3.8, 4) is 0 Å². The standard InChI is InChI=1S/C15H22F3N3S.HI/c1-11(21-14(19-2)20-8-5-9-22-3)12-6-4-7-13(10-12)15(16,17)18;/h4,6-7,10-11H,5,8-9H2,1-3H3,(H2,19,20,21);1H. The molecule has 0 saturated carbocycles. The highest BCUT2D eigenvalue weighted by atomic mass is 127. The summed E-state index contributed by atoms with van der Waals surface area (Å²) in [7, 11) is 1.64. The fourth-order valence-corrected chi connectivity index (χ4v) is 2.32. The molecule has 0 bridgehead atoms. The number of hydrogen-bond donors (Lipinski definition) is 2. The lowest BCUT2D eigenvalue weighted by Crippen LogP contribution is -2.39. The summed E-state index contributed by atoms with van der Waals surface area (Å²) in [5.74, 6) is 1.64. The molecule has 2 N–H and O–H groups in total. The molecule has 1 unspecified atom stereocenters. The van der Waals surface area contributed by atoms with Gasteiger partial charge in [-0.15, -0.1) is 24.0 Å². The molecule has 0 amide bonds. The van der Waals surface area contributed by atoms with Gasteiger partial charge in [0.15, 0.2) is 5.96 Å². The molecule has 1 rings (SSSR count). The van der Waals surface area contributed by atoms with Gasteiger partial charge in [-0.3, -0.25) is 4.99 Å². The van der Waals surface area contributed by atoms with Crippen molar-refractivity contribution in [1.29, 1.82) is 0 Å². The fourth-order valence-electron chi connectivity index (χ4n) is 1.89. The Kier molecular flexibility index (Phi) is 10.7. The maximum absolute atomic E-state index is 12.7. The third-order valence-electron chi connectivity index (χ3n) is 3.11. The molecule has 0 heterocycles. The Morgan fingerprint density at radius 3 is 2.61 bits per heavy atom. The Labute approximate surface area is 156 Å². The number of halogens is 4. The second-order valence-corrected chi connectivity index (χ2v) is 5.82. The van der Waals surface area contributed by atoms with Crippen LogP contribution in [-0.4, -0.2) is 31.6 Å². The molecule has 1 aromatic carbocycles. The molecule has 0 aliphatic rings. The van der Waals surface area contributed by atoms with Crippen molar-refractivity contribution in [3.05, 3.63) is 35.4 Å². The van der Waals surface area contributed by atoms with Gasteiger partial charge in [0.25, 0.3) is 0 Å². The number of thioether (sulfide) groups is 1. The van der Waals surface area contributed by atoms with E-state index in [1.54, 1.807) is 24.9 Å². The quantitative estimate of drug-likeness (QED) is 0.287. The summed E-state index contributed by atoms with van der Waals surface area (Å²) in [4.78, 5) is 4.09. The zero-order valence-electron chi connectivity index (χ0n) is 13.4. The van der Waals surface area contributed by atoms with Crippen molar-refractivity contribution in [2.24, 2.45) is 4.99 Å². The molecule has 132 valence electrons. The molecule has 23 heavy (non-hydrogen) atoms. The minimum atomic E-state index is -4.33. The van der Waals surface area contributed by atoms with Crippen molar-refractivity contribution in [1.82, 2.24) is 10.6 Å². The largest absolute Gasteiger partial charge is 0.416 e. The summed E-state index contributed by atoms with van der Waals surface area (Å²) in [6, 6.07) is 5.07. The van der Waals surface area contributed by atoms with E-state index in [4.69, 9.17) is 0 Å². The average molecular weight is 461 g/mol. The Balaban J connectivity index is 0.00000484. The summed E-state index contributed by atoms with van der Waals surface area (Å²) in [6.45, 7) is 2.58. The van der Waals surface area contributed by atoms with Crippen molar-refractivity contribution < 1.29 is 13.2 Å². The van der Waals surface area contributed by atoms with Gasteiger partial charge in [0.1, 0.15) is 0 Å². The van der Waals surface area contributed by atoms with E-state index in [2.05, 4.69) is 15.6 Å². The van der Waals surface area contributed by atoms with Crippen LogP contribution in [0, 0.1) is 0 Å². The van der Waals surface area contributed by atoms with E-state index in [9.17, 15) is 13.2 Å². The number of alkyl halides is 3. The molecule has 1 aromatic rings. The number of hydrogen-bond acceptors (Lipinski definition) is 2.